The van der Waals surface area contributed by atoms with Gasteiger partial charge in [-0.2, -0.15) is 0 Å². The van der Waals surface area contributed by atoms with E-state index in [2.05, 4.69) is 21.9 Å². The molecule has 0 aliphatic carbocycles. The minimum absolute atomic E-state index is 0.0314. The number of nitrogen functional groups attached to an aromatic ring is 4. The van der Waals surface area contributed by atoms with E-state index in [9.17, 15) is 35.5 Å². The molecule has 3 aromatic carbocycles. The van der Waals surface area contributed by atoms with Gasteiger partial charge in [0.05, 0.1) is 90.1 Å². The van der Waals surface area contributed by atoms with E-state index in [1.807, 2.05) is 32.0 Å². The highest BCUT2D eigenvalue weighted by atomic mass is 16.6. The molecule has 19 heteroatoms. The van der Waals surface area contributed by atoms with E-state index in [4.69, 9.17) is 37.5 Å². The van der Waals surface area contributed by atoms with Gasteiger partial charge in [-0.3, -0.25) is 25.2 Å². The van der Waals surface area contributed by atoms with Crippen molar-refractivity contribution in [1.29, 1.82) is 0 Å². The molecule has 0 saturated heterocycles. The Hall–Kier alpha value is -6.83. The molecule has 0 aliphatic rings. The van der Waals surface area contributed by atoms with Gasteiger partial charge in [0, 0.05) is 12.8 Å². The van der Waals surface area contributed by atoms with Gasteiger partial charge in [0.15, 0.2) is 0 Å². The zero-order chi connectivity index (χ0) is 46.6. The number of pyridine rings is 3. The van der Waals surface area contributed by atoms with Crippen LogP contribution in [0, 0.1) is 20.2 Å². The Bertz CT molecular complexity index is 2480. The SMILES string of the molecule is CC(C)(O)CCOc1cccc2ncc(N)c(N)c12.CC(C)(O)CCOc1cccc2ncc([N+](=O)[O-])c(N)c12.CCCC(C)(C)O.Nc1c([N+](=O)[O-])cnc2cccc(O)c12. The molecule has 0 fully saturated rings. The summed E-state index contributed by atoms with van der Waals surface area (Å²) < 4.78 is 11.3. The van der Waals surface area contributed by atoms with Crippen molar-refractivity contribution < 1.29 is 39.7 Å². The van der Waals surface area contributed by atoms with Crippen LogP contribution in [0.3, 0.4) is 0 Å². The van der Waals surface area contributed by atoms with E-state index in [0.29, 0.717) is 58.7 Å². The van der Waals surface area contributed by atoms with Crippen LogP contribution in [-0.4, -0.2) is 75.2 Å². The highest BCUT2D eigenvalue weighted by Gasteiger charge is 2.20. The first-order chi connectivity index (χ1) is 28.8. The number of nitrogens with zero attached hydrogens (tertiary/aromatic N) is 5. The Kier molecular flexibility index (Phi) is 16.9. The summed E-state index contributed by atoms with van der Waals surface area (Å²) >= 11 is 0. The van der Waals surface area contributed by atoms with Gasteiger partial charge in [-0.25, -0.2) is 9.97 Å². The van der Waals surface area contributed by atoms with Gasteiger partial charge in [0.2, 0.25) is 0 Å². The van der Waals surface area contributed by atoms with Crippen LogP contribution in [0.15, 0.2) is 73.2 Å². The number of fused-ring (bicyclic) bond motifs is 3. The number of rotatable bonds is 12. The van der Waals surface area contributed by atoms with Gasteiger partial charge >= 0.3 is 11.4 Å². The van der Waals surface area contributed by atoms with Crippen molar-refractivity contribution in [1.82, 2.24) is 15.0 Å². The topological polar surface area (TPSA) is 328 Å². The van der Waals surface area contributed by atoms with E-state index < -0.39 is 26.6 Å². The lowest BCUT2D eigenvalue weighted by molar-refractivity contribution is -0.384. The van der Waals surface area contributed by atoms with Gasteiger partial charge in [0.25, 0.3) is 0 Å². The first-order valence-corrected chi connectivity index (χ1v) is 19.5. The normalized spacial score (nSPS) is 11.4. The summed E-state index contributed by atoms with van der Waals surface area (Å²) in [4.78, 5) is 32.4. The number of phenolic OH excluding ortho intramolecular Hbond substituents is 1. The molecule has 334 valence electrons. The fourth-order valence-electron chi connectivity index (χ4n) is 5.68. The molecule has 0 aliphatic heterocycles. The Morgan fingerprint density at radius 2 is 0.952 bits per heavy atom. The van der Waals surface area contributed by atoms with Crippen LogP contribution >= 0.6 is 0 Å². The van der Waals surface area contributed by atoms with Crippen LogP contribution < -0.4 is 32.4 Å². The molecule has 0 saturated carbocycles. The standard InChI is InChI=1S/C14H17N3O4.C14H19N3O2.C9H7N3O3.C6H14O/c1-14(2,18)6-7-21-11-5-3-4-9-12(11)13(15)10(8-16-9)17(19)20;1-14(2,18)6-7-19-11-5-3-4-10-12(11)13(16)9(15)8-17-10;10-9-6(12(14)15)4-11-5-2-1-3-7(13)8(5)9;1-4-5-6(2,3)7/h3-5,8,18H,6-7H2,1-2H3,(H2,15,16);3-5,8,18H,6-7,15H2,1-2H3,(H2,16,17);1-4,13H,(H2,10,11);7H,4-5H2,1-3H3. The maximum Gasteiger partial charge on any atom is 0.311 e. The summed E-state index contributed by atoms with van der Waals surface area (Å²) in [6.45, 7) is 13.2. The fraction of sp³-hybridized carbons (Fsp3) is 0.372. The van der Waals surface area contributed by atoms with Crippen molar-refractivity contribution in [3.8, 4) is 17.2 Å². The molecule has 0 amide bonds. The number of ether oxygens (including phenoxy) is 2. The Morgan fingerprint density at radius 3 is 1.34 bits per heavy atom. The molecule has 6 aromatic rings. The zero-order valence-corrected chi connectivity index (χ0v) is 36.0. The van der Waals surface area contributed by atoms with Crippen molar-refractivity contribution in [2.24, 2.45) is 0 Å². The second-order valence-corrected chi connectivity index (χ2v) is 16.1. The number of aliphatic hydroxyl groups is 3. The first kappa shape index (κ1) is 49.5. The second kappa shape index (κ2) is 21.1. The molecule has 62 heavy (non-hydrogen) atoms. The molecular weight excluding hydrogens is 803 g/mol. The van der Waals surface area contributed by atoms with Crippen LogP contribution in [-0.2, 0) is 0 Å². The highest BCUT2D eigenvalue weighted by molar-refractivity contribution is 6.01. The van der Waals surface area contributed by atoms with E-state index in [0.717, 1.165) is 36.1 Å². The summed E-state index contributed by atoms with van der Waals surface area (Å²) in [5.74, 6) is 0.950. The predicted molar refractivity (Wildman–Crippen MR) is 242 cm³/mol. The summed E-state index contributed by atoms with van der Waals surface area (Å²) in [6, 6.07) is 15.3. The van der Waals surface area contributed by atoms with Crippen LogP contribution in [0.25, 0.3) is 32.7 Å². The summed E-state index contributed by atoms with van der Waals surface area (Å²) in [5, 5.41) is 60.7. The predicted octanol–water partition coefficient (Wildman–Crippen LogP) is 7.19. The average Bonchev–Trinajstić information content (AvgIpc) is 3.16. The Balaban J connectivity index is 0.000000232. The molecule has 3 aromatic heterocycles. The molecule has 19 nitrogen and oxygen atoms in total. The molecule has 0 radical (unpaired) electrons. The largest absolute Gasteiger partial charge is 0.507 e. The minimum atomic E-state index is -0.847. The van der Waals surface area contributed by atoms with E-state index >= 15 is 0 Å². The van der Waals surface area contributed by atoms with Gasteiger partial charge in [-0.1, -0.05) is 31.5 Å². The molecule has 0 atom stereocenters. The lowest BCUT2D eigenvalue weighted by atomic mass is 10.0. The Morgan fingerprint density at radius 1 is 0.581 bits per heavy atom. The van der Waals surface area contributed by atoms with Crippen molar-refractivity contribution in [2.45, 2.75) is 91.0 Å². The summed E-state index contributed by atoms with van der Waals surface area (Å²) in [5.41, 5.74) is 23.2. The van der Waals surface area contributed by atoms with Crippen LogP contribution in [0.1, 0.15) is 74.1 Å². The van der Waals surface area contributed by atoms with Gasteiger partial charge in [0.1, 0.15) is 41.0 Å². The third-order valence-electron chi connectivity index (χ3n) is 8.89. The smallest absolute Gasteiger partial charge is 0.311 e. The van der Waals surface area contributed by atoms with Crippen molar-refractivity contribution in [3.05, 3.63) is 93.4 Å². The fourth-order valence-corrected chi connectivity index (χ4v) is 5.68. The summed E-state index contributed by atoms with van der Waals surface area (Å²) in [6.07, 6.45) is 6.66. The first-order valence-electron chi connectivity index (χ1n) is 19.5. The monoisotopic (exact) mass is 859 g/mol. The van der Waals surface area contributed by atoms with E-state index in [-0.39, 0.29) is 40.5 Å². The average molecular weight is 860 g/mol. The number of nitrogens with two attached hydrogens (primary N) is 4. The number of hydrogen-bond acceptors (Lipinski definition) is 17. The number of nitro groups is 2. The zero-order valence-electron chi connectivity index (χ0n) is 36.0. The lowest BCUT2D eigenvalue weighted by Gasteiger charge is -2.18. The van der Waals surface area contributed by atoms with Crippen LogP contribution in [0.5, 0.6) is 17.2 Å². The van der Waals surface area contributed by atoms with E-state index in [1.54, 1.807) is 58.0 Å². The lowest BCUT2D eigenvalue weighted by Crippen LogP contribution is -2.21. The number of phenols is 1. The maximum absolute atomic E-state index is 10.9. The van der Waals surface area contributed by atoms with Gasteiger partial charge < -0.3 is 52.8 Å². The number of aromatic nitrogens is 3. The van der Waals surface area contributed by atoms with Crippen molar-refractivity contribution in [2.75, 3.05) is 36.1 Å². The quantitative estimate of drug-likeness (QED) is 0.0445. The number of aromatic hydroxyl groups is 1. The molecule has 3 heterocycles. The number of hydrogen-bond donors (Lipinski definition) is 8. The van der Waals surface area contributed by atoms with Crippen LogP contribution in [0.4, 0.5) is 34.1 Å². The minimum Gasteiger partial charge on any atom is -0.507 e. The van der Waals surface area contributed by atoms with E-state index in [1.165, 1.54) is 12.3 Å². The molecule has 6 rings (SSSR count). The number of anilines is 4. The van der Waals surface area contributed by atoms with Crippen molar-refractivity contribution in [3.63, 3.8) is 0 Å². The molecular formula is C43H57N9O10. The molecule has 12 N–H and O–H groups in total. The molecule has 0 unspecified atom stereocenters. The third-order valence-corrected chi connectivity index (χ3v) is 8.89. The van der Waals surface area contributed by atoms with Crippen molar-refractivity contribution >= 4 is 66.8 Å². The molecule has 0 bridgehead atoms. The maximum atomic E-state index is 10.9. The highest BCUT2D eigenvalue weighted by Crippen LogP contribution is 2.36. The van der Waals surface area contributed by atoms with Gasteiger partial charge in [-0.05, 0) is 84.4 Å². The third kappa shape index (κ3) is 14.4. The summed E-state index contributed by atoms with van der Waals surface area (Å²) in [7, 11) is 0. The number of benzene rings is 3. The second-order valence-electron chi connectivity index (χ2n) is 16.1. The Labute approximate surface area is 358 Å². The molecule has 0 spiro atoms. The van der Waals surface area contributed by atoms with Crippen LogP contribution in [0.2, 0.25) is 0 Å². The van der Waals surface area contributed by atoms with Gasteiger partial charge in [-0.15, -0.1) is 0 Å².